The van der Waals surface area contributed by atoms with Gasteiger partial charge in [0.25, 0.3) is 5.91 Å². The lowest BCUT2D eigenvalue weighted by atomic mass is 10.1. The number of carbonyl (C=O) groups is 2. The Kier molecular flexibility index (Phi) is 4.62. The molecule has 0 bridgehead atoms. The smallest absolute Gasteiger partial charge is 0.290 e. The van der Waals surface area contributed by atoms with Crippen LogP contribution >= 0.6 is 0 Å². The van der Waals surface area contributed by atoms with E-state index in [1.54, 1.807) is 33.8 Å². The zero-order chi connectivity index (χ0) is 15.6. The van der Waals surface area contributed by atoms with Gasteiger partial charge in [0, 0.05) is 45.1 Å². The van der Waals surface area contributed by atoms with Gasteiger partial charge in [0.2, 0.25) is 5.91 Å². The van der Waals surface area contributed by atoms with Crippen LogP contribution in [0, 0.1) is 0 Å². The SMILES string of the molecule is CCN(CC)C(=O)[C@@H]1C[C@@H](N)CN1C(=O)c1nccn1C. The predicted molar refractivity (Wildman–Crippen MR) is 78.6 cm³/mol. The number of nitrogens with zero attached hydrogens (tertiary/aromatic N) is 4. The molecule has 0 spiro atoms. The molecule has 7 heteroatoms. The first-order valence-corrected chi connectivity index (χ1v) is 7.32. The Morgan fingerprint density at radius 2 is 2.10 bits per heavy atom. The van der Waals surface area contributed by atoms with Gasteiger partial charge in [-0.25, -0.2) is 4.98 Å². The standard InChI is InChI=1S/C14H23N5O2/c1-4-18(5-2)13(20)11-8-10(15)9-19(11)14(21)12-16-6-7-17(12)3/h6-7,10-11H,4-5,8-9,15H2,1-3H3/t10-,11+/m1/s1. The van der Waals surface area contributed by atoms with E-state index in [1.165, 1.54) is 0 Å². The van der Waals surface area contributed by atoms with E-state index in [4.69, 9.17) is 5.73 Å². The number of nitrogens with two attached hydrogens (primary N) is 1. The van der Waals surface area contributed by atoms with Gasteiger partial charge >= 0.3 is 0 Å². The molecule has 21 heavy (non-hydrogen) atoms. The first-order chi connectivity index (χ1) is 9.99. The fourth-order valence-electron chi connectivity index (χ4n) is 2.77. The lowest BCUT2D eigenvalue weighted by molar-refractivity contribution is -0.134. The maximum absolute atomic E-state index is 12.6. The lowest BCUT2D eigenvalue weighted by Crippen LogP contribution is -2.48. The molecule has 0 saturated carbocycles. The second kappa shape index (κ2) is 6.26. The summed E-state index contributed by atoms with van der Waals surface area (Å²) >= 11 is 0. The molecule has 1 fully saturated rings. The van der Waals surface area contributed by atoms with Crippen molar-refractivity contribution in [2.24, 2.45) is 12.8 Å². The normalized spacial score (nSPS) is 21.6. The summed E-state index contributed by atoms with van der Waals surface area (Å²) in [6, 6.07) is -0.650. The van der Waals surface area contributed by atoms with Gasteiger partial charge in [-0.2, -0.15) is 0 Å². The number of rotatable bonds is 4. The zero-order valence-corrected chi connectivity index (χ0v) is 12.8. The molecule has 0 aliphatic carbocycles. The molecule has 2 heterocycles. The Hall–Kier alpha value is -1.89. The highest BCUT2D eigenvalue weighted by Gasteiger charge is 2.40. The van der Waals surface area contributed by atoms with Gasteiger partial charge in [0.1, 0.15) is 6.04 Å². The Balaban J connectivity index is 2.23. The molecule has 116 valence electrons. The number of likely N-dealkylation sites (N-methyl/N-ethyl adjacent to an activating group) is 1. The van der Waals surface area contributed by atoms with Crippen LogP contribution in [0.4, 0.5) is 0 Å². The molecule has 0 aromatic carbocycles. The first kappa shape index (κ1) is 15.5. The molecule has 7 nitrogen and oxygen atoms in total. The number of likely N-dealkylation sites (tertiary alicyclic amines) is 1. The number of carbonyl (C=O) groups excluding carboxylic acids is 2. The van der Waals surface area contributed by atoms with Crippen molar-refractivity contribution in [2.75, 3.05) is 19.6 Å². The predicted octanol–water partition coefficient (Wildman–Crippen LogP) is -0.170. The van der Waals surface area contributed by atoms with Crippen LogP contribution in [-0.4, -0.2) is 62.9 Å². The van der Waals surface area contributed by atoms with Crippen molar-refractivity contribution >= 4 is 11.8 Å². The zero-order valence-electron chi connectivity index (χ0n) is 12.8. The van der Waals surface area contributed by atoms with Gasteiger partial charge in [0.15, 0.2) is 5.82 Å². The molecule has 2 atom stereocenters. The third kappa shape index (κ3) is 2.92. The van der Waals surface area contributed by atoms with Gasteiger partial charge in [0.05, 0.1) is 0 Å². The summed E-state index contributed by atoms with van der Waals surface area (Å²) in [5.74, 6) is 0.0675. The molecule has 0 radical (unpaired) electrons. The van der Waals surface area contributed by atoms with Crippen molar-refractivity contribution in [3.8, 4) is 0 Å². The van der Waals surface area contributed by atoms with Crippen molar-refractivity contribution in [2.45, 2.75) is 32.4 Å². The number of hydrogen-bond donors (Lipinski definition) is 1. The maximum Gasteiger partial charge on any atom is 0.290 e. The topological polar surface area (TPSA) is 84.5 Å². The number of amides is 2. The molecule has 1 aromatic heterocycles. The maximum atomic E-state index is 12.6. The van der Waals surface area contributed by atoms with Crippen molar-refractivity contribution < 1.29 is 9.59 Å². The van der Waals surface area contributed by atoms with E-state index in [2.05, 4.69) is 4.98 Å². The summed E-state index contributed by atoms with van der Waals surface area (Å²) in [6.07, 6.45) is 3.79. The van der Waals surface area contributed by atoms with E-state index in [0.717, 1.165) is 0 Å². The second-order valence-corrected chi connectivity index (χ2v) is 5.34. The van der Waals surface area contributed by atoms with Gasteiger partial charge in [-0.15, -0.1) is 0 Å². The summed E-state index contributed by atoms with van der Waals surface area (Å²) < 4.78 is 1.66. The highest BCUT2D eigenvalue weighted by molar-refractivity contribution is 5.95. The van der Waals surface area contributed by atoms with Crippen LogP contribution in [0.5, 0.6) is 0 Å². The summed E-state index contributed by atoms with van der Waals surface area (Å²) in [5, 5.41) is 0. The molecule has 1 aliphatic rings. The van der Waals surface area contributed by atoms with Crippen LogP contribution in [-0.2, 0) is 11.8 Å². The van der Waals surface area contributed by atoms with Crippen molar-refractivity contribution in [1.82, 2.24) is 19.4 Å². The highest BCUT2D eigenvalue weighted by atomic mass is 16.2. The van der Waals surface area contributed by atoms with E-state index in [1.807, 2.05) is 13.8 Å². The monoisotopic (exact) mass is 293 g/mol. The Morgan fingerprint density at radius 1 is 1.43 bits per heavy atom. The molecular weight excluding hydrogens is 270 g/mol. The van der Waals surface area contributed by atoms with Gasteiger partial charge in [-0.3, -0.25) is 9.59 Å². The van der Waals surface area contributed by atoms with Crippen LogP contribution < -0.4 is 5.73 Å². The fraction of sp³-hybridized carbons (Fsp3) is 0.643. The van der Waals surface area contributed by atoms with Gasteiger partial charge in [-0.05, 0) is 20.3 Å². The molecule has 2 amide bonds. The van der Waals surface area contributed by atoms with Gasteiger partial charge < -0.3 is 20.1 Å². The first-order valence-electron chi connectivity index (χ1n) is 7.32. The largest absolute Gasteiger partial charge is 0.341 e. The number of aromatic nitrogens is 2. The van der Waals surface area contributed by atoms with Crippen molar-refractivity contribution in [3.05, 3.63) is 18.2 Å². The third-order valence-electron chi connectivity index (χ3n) is 3.97. The van der Waals surface area contributed by atoms with Crippen molar-refractivity contribution in [1.29, 1.82) is 0 Å². The van der Waals surface area contributed by atoms with Crippen LogP contribution in [0.3, 0.4) is 0 Å². The molecule has 2 N–H and O–H groups in total. The summed E-state index contributed by atoms with van der Waals surface area (Å²) in [6.45, 7) is 5.52. The molecule has 2 rings (SSSR count). The second-order valence-electron chi connectivity index (χ2n) is 5.34. The third-order valence-corrected chi connectivity index (χ3v) is 3.97. The van der Waals surface area contributed by atoms with Crippen LogP contribution in [0.15, 0.2) is 12.4 Å². The van der Waals surface area contributed by atoms with Crippen LogP contribution in [0.25, 0.3) is 0 Å². The molecular formula is C14H23N5O2. The molecule has 1 aromatic rings. The fourth-order valence-corrected chi connectivity index (χ4v) is 2.77. The summed E-state index contributed by atoms with van der Waals surface area (Å²) in [7, 11) is 1.76. The Bertz CT molecular complexity index is 523. The van der Waals surface area contributed by atoms with E-state index in [0.29, 0.717) is 31.9 Å². The van der Waals surface area contributed by atoms with Crippen molar-refractivity contribution in [3.63, 3.8) is 0 Å². The minimum Gasteiger partial charge on any atom is -0.341 e. The van der Waals surface area contributed by atoms with Crippen LogP contribution in [0.2, 0.25) is 0 Å². The Morgan fingerprint density at radius 3 is 2.62 bits per heavy atom. The number of imidazole rings is 1. The summed E-state index contributed by atoms with van der Waals surface area (Å²) in [5.41, 5.74) is 5.97. The lowest BCUT2D eigenvalue weighted by Gasteiger charge is -2.28. The van der Waals surface area contributed by atoms with Gasteiger partial charge in [-0.1, -0.05) is 0 Å². The quantitative estimate of drug-likeness (QED) is 0.835. The average molecular weight is 293 g/mol. The Labute approximate surface area is 124 Å². The van der Waals surface area contributed by atoms with E-state index in [-0.39, 0.29) is 17.9 Å². The number of hydrogen-bond acceptors (Lipinski definition) is 4. The van der Waals surface area contributed by atoms with Crippen LogP contribution in [0.1, 0.15) is 30.9 Å². The average Bonchev–Trinajstić information content (AvgIpc) is 3.05. The van der Waals surface area contributed by atoms with E-state index < -0.39 is 6.04 Å². The minimum absolute atomic E-state index is 0.0319. The van der Waals surface area contributed by atoms with E-state index in [9.17, 15) is 9.59 Å². The number of aryl methyl sites for hydroxylation is 1. The highest BCUT2D eigenvalue weighted by Crippen LogP contribution is 2.21. The molecule has 1 saturated heterocycles. The summed E-state index contributed by atoms with van der Waals surface area (Å²) in [4.78, 5) is 32.5. The minimum atomic E-state index is -0.482. The molecule has 1 aliphatic heterocycles. The molecule has 0 unspecified atom stereocenters. The van der Waals surface area contributed by atoms with E-state index >= 15 is 0 Å².